The fraction of sp³-hybridized carbons (Fsp3) is 0.300. The number of hydrogen-bond donors (Lipinski definition) is 1. The highest BCUT2D eigenvalue weighted by molar-refractivity contribution is 7.80. The predicted molar refractivity (Wildman–Crippen MR) is 112 cm³/mol. The lowest BCUT2D eigenvalue weighted by atomic mass is 9.95. The molecule has 8 heteroatoms. The lowest BCUT2D eigenvalue weighted by Crippen LogP contribution is -2.51. The number of nitrogens with zero attached hydrogens (tertiary/aromatic N) is 2. The number of ether oxygens (including phenoxy) is 1. The Balaban J connectivity index is 1.79. The number of amides is 1. The monoisotopic (exact) mass is 417 g/mol. The van der Waals surface area contributed by atoms with Crippen molar-refractivity contribution in [1.29, 1.82) is 0 Å². The Morgan fingerprint density at radius 1 is 1.25 bits per heavy atom. The summed E-state index contributed by atoms with van der Waals surface area (Å²) in [4.78, 5) is 17.1. The van der Waals surface area contributed by atoms with Gasteiger partial charge in [0.05, 0.1) is 24.8 Å². The highest BCUT2D eigenvalue weighted by Gasteiger charge is 2.36. The Morgan fingerprint density at radius 2 is 1.96 bits per heavy atom. The van der Waals surface area contributed by atoms with E-state index in [1.807, 2.05) is 28.7 Å². The first-order chi connectivity index (χ1) is 13.6. The Morgan fingerprint density at radius 3 is 2.61 bits per heavy atom. The van der Waals surface area contributed by atoms with Crippen molar-refractivity contribution in [2.45, 2.75) is 13.0 Å². The molecule has 3 heterocycles. The van der Waals surface area contributed by atoms with Crippen molar-refractivity contribution in [2.24, 2.45) is 0 Å². The van der Waals surface area contributed by atoms with Crippen molar-refractivity contribution in [3.63, 3.8) is 0 Å². The molecule has 0 aliphatic carbocycles. The number of halogens is 1. The summed E-state index contributed by atoms with van der Waals surface area (Å²) < 4.78 is 18.8. The minimum Gasteiger partial charge on any atom is -0.378 e. The number of carbonyl (C=O) groups excluding carboxylic acids is 1. The Labute approximate surface area is 172 Å². The lowest BCUT2D eigenvalue weighted by Gasteiger charge is -2.39. The van der Waals surface area contributed by atoms with Crippen LogP contribution in [0.5, 0.6) is 0 Å². The molecule has 0 radical (unpaired) electrons. The minimum absolute atomic E-state index is 0.0286. The number of allylic oxidation sites excluding steroid dienone is 1. The van der Waals surface area contributed by atoms with Gasteiger partial charge in [0, 0.05) is 24.5 Å². The number of thiophene rings is 1. The van der Waals surface area contributed by atoms with Gasteiger partial charge in [0.25, 0.3) is 5.91 Å². The van der Waals surface area contributed by atoms with Crippen LogP contribution in [0.4, 0.5) is 10.1 Å². The van der Waals surface area contributed by atoms with E-state index in [1.165, 1.54) is 12.1 Å². The summed E-state index contributed by atoms with van der Waals surface area (Å²) in [6, 6.07) is 7.78. The maximum absolute atomic E-state index is 13.5. The lowest BCUT2D eigenvalue weighted by molar-refractivity contribution is -0.131. The fourth-order valence-corrected chi connectivity index (χ4v) is 4.59. The van der Waals surface area contributed by atoms with Crippen LogP contribution in [0.15, 0.2) is 52.4 Å². The molecule has 1 fully saturated rings. The standard InChI is InChI=1S/C20H20FN3O2S2/c1-13-17(19(25)23-7-9-26-10-8-23)18(14-6-11-28-12-14)22-20(27)24(13)16-4-2-15(21)3-5-16/h2-6,11-12,18H,7-10H2,1H3,(H,22,27). The molecule has 0 spiro atoms. The topological polar surface area (TPSA) is 44.8 Å². The third kappa shape index (κ3) is 3.55. The van der Waals surface area contributed by atoms with Gasteiger partial charge in [0.2, 0.25) is 0 Å². The van der Waals surface area contributed by atoms with Gasteiger partial charge in [0.1, 0.15) is 5.82 Å². The predicted octanol–water partition coefficient (Wildman–Crippen LogP) is 3.46. The molecule has 0 bridgehead atoms. The number of morpholine rings is 1. The molecule has 1 amide bonds. The largest absolute Gasteiger partial charge is 0.378 e. The number of thiocarbonyl (C=S) groups is 1. The molecule has 146 valence electrons. The van der Waals surface area contributed by atoms with E-state index in [9.17, 15) is 9.18 Å². The summed E-state index contributed by atoms with van der Waals surface area (Å²) >= 11 is 7.19. The second-order valence-electron chi connectivity index (χ2n) is 6.65. The van der Waals surface area contributed by atoms with Crippen molar-refractivity contribution in [3.8, 4) is 0 Å². The molecule has 2 aliphatic rings. The number of benzene rings is 1. The summed E-state index contributed by atoms with van der Waals surface area (Å²) in [5.74, 6) is -0.346. The normalized spacial score (nSPS) is 20.4. The van der Waals surface area contributed by atoms with Gasteiger partial charge in [-0.25, -0.2) is 4.39 Å². The van der Waals surface area contributed by atoms with E-state index < -0.39 is 0 Å². The third-order valence-electron chi connectivity index (χ3n) is 4.97. The van der Waals surface area contributed by atoms with E-state index in [4.69, 9.17) is 17.0 Å². The highest BCUT2D eigenvalue weighted by atomic mass is 32.1. The van der Waals surface area contributed by atoms with Crippen LogP contribution in [-0.2, 0) is 9.53 Å². The van der Waals surface area contributed by atoms with Crippen LogP contribution in [-0.4, -0.2) is 42.2 Å². The molecular weight excluding hydrogens is 397 g/mol. The molecule has 28 heavy (non-hydrogen) atoms. The van der Waals surface area contributed by atoms with Crippen LogP contribution in [0.1, 0.15) is 18.5 Å². The first-order valence-corrected chi connectivity index (χ1v) is 10.4. The number of nitrogens with one attached hydrogen (secondary N) is 1. The first kappa shape index (κ1) is 19.0. The molecule has 0 saturated carbocycles. The number of rotatable bonds is 3. The van der Waals surface area contributed by atoms with Gasteiger partial charge in [-0.05, 0) is 65.8 Å². The molecule has 1 aromatic carbocycles. The van der Waals surface area contributed by atoms with Crippen LogP contribution >= 0.6 is 23.6 Å². The van der Waals surface area contributed by atoms with E-state index in [2.05, 4.69) is 5.32 Å². The van der Waals surface area contributed by atoms with Crippen molar-refractivity contribution >= 4 is 40.3 Å². The Bertz CT molecular complexity index is 906. The zero-order valence-electron chi connectivity index (χ0n) is 15.4. The quantitative estimate of drug-likeness (QED) is 0.775. The second kappa shape index (κ2) is 7.98. The van der Waals surface area contributed by atoms with Gasteiger partial charge in [0.15, 0.2) is 5.11 Å². The van der Waals surface area contributed by atoms with E-state index >= 15 is 0 Å². The number of carbonyl (C=O) groups is 1. The van der Waals surface area contributed by atoms with Gasteiger partial charge in [-0.1, -0.05) is 0 Å². The van der Waals surface area contributed by atoms with Crippen LogP contribution in [0.25, 0.3) is 0 Å². The fourth-order valence-electron chi connectivity index (χ4n) is 3.55. The molecule has 1 N–H and O–H groups in total. The van der Waals surface area contributed by atoms with Gasteiger partial charge >= 0.3 is 0 Å². The van der Waals surface area contributed by atoms with E-state index in [0.717, 1.165) is 11.3 Å². The van der Waals surface area contributed by atoms with Crippen molar-refractivity contribution < 1.29 is 13.9 Å². The summed E-state index contributed by atoms with van der Waals surface area (Å²) in [6.07, 6.45) is 0. The summed E-state index contributed by atoms with van der Waals surface area (Å²) in [5.41, 5.74) is 3.12. The molecule has 1 unspecified atom stereocenters. The van der Waals surface area contributed by atoms with Gasteiger partial charge in [-0.15, -0.1) is 0 Å². The SMILES string of the molecule is CC1=C(C(=O)N2CCOCC2)C(c2ccsc2)NC(=S)N1c1ccc(F)cc1. The van der Waals surface area contributed by atoms with Crippen LogP contribution in [0.2, 0.25) is 0 Å². The zero-order valence-corrected chi connectivity index (χ0v) is 17.0. The van der Waals surface area contributed by atoms with Crippen LogP contribution in [0, 0.1) is 5.82 Å². The number of hydrogen-bond acceptors (Lipinski definition) is 4. The molecular formula is C20H20FN3O2S2. The molecule has 2 aromatic rings. The molecule has 4 rings (SSSR count). The molecule has 1 atom stereocenters. The Kier molecular flexibility index (Phi) is 5.43. The zero-order chi connectivity index (χ0) is 19.7. The van der Waals surface area contributed by atoms with Gasteiger partial charge < -0.3 is 15.0 Å². The second-order valence-corrected chi connectivity index (χ2v) is 7.82. The number of anilines is 1. The van der Waals surface area contributed by atoms with Crippen molar-refractivity contribution in [2.75, 3.05) is 31.2 Å². The smallest absolute Gasteiger partial charge is 0.254 e. The van der Waals surface area contributed by atoms with Gasteiger partial charge in [-0.2, -0.15) is 11.3 Å². The highest BCUT2D eigenvalue weighted by Crippen LogP contribution is 2.35. The molecule has 1 aromatic heterocycles. The van der Waals surface area contributed by atoms with Gasteiger partial charge in [-0.3, -0.25) is 9.69 Å². The summed E-state index contributed by atoms with van der Waals surface area (Å²) in [5, 5.41) is 7.81. The Hall–Kier alpha value is -2.29. The minimum atomic E-state index is -0.318. The summed E-state index contributed by atoms with van der Waals surface area (Å²) in [7, 11) is 0. The van der Waals surface area contributed by atoms with Crippen molar-refractivity contribution in [3.05, 3.63) is 63.7 Å². The molecule has 1 saturated heterocycles. The van der Waals surface area contributed by atoms with Crippen LogP contribution < -0.4 is 10.2 Å². The first-order valence-electron chi connectivity index (χ1n) is 9.02. The third-order valence-corrected chi connectivity index (χ3v) is 5.98. The van der Waals surface area contributed by atoms with E-state index in [-0.39, 0.29) is 17.8 Å². The average molecular weight is 418 g/mol. The van der Waals surface area contributed by atoms with Crippen LogP contribution in [0.3, 0.4) is 0 Å². The average Bonchev–Trinajstić information content (AvgIpc) is 3.24. The van der Waals surface area contributed by atoms with Crippen molar-refractivity contribution in [1.82, 2.24) is 10.2 Å². The van der Waals surface area contributed by atoms with E-state index in [0.29, 0.717) is 42.7 Å². The summed E-state index contributed by atoms with van der Waals surface area (Å²) in [6.45, 7) is 4.09. The molecule has 5 nitrogen and oxygen atoms in total. The maximum Gasteiger partial charge on any atom is 0.254 e. The maximum atomic E-state index is 13.5. The molecule has 2 aliphatic heterocycles. The van der Waals surface area contributed by atoms with E-state index in [1.54, 1.807) is 28.4 Å².